The number of hydrogen-bond donors (Lipinski definition) is 0. The van der Waals surface area contributed by atoms with Gasteiger partial charge in [0.1, 0.15) is 0 Å². The van der Waals surface area contributed by atoms with Gasteiger partial charge in [0.25, 0.3) is 5.56 Å². The van der Waals surface area contributed by atoms with Gasteiger partial charge in [-0.15, -0.1) is 6.58 Å². The van der Waals surface area contributed by atoms with Crippen molar-refractivity contribution in [2.45, 2.75) is 17.5 Å². The van der Waals surface area contributed by atoms with Gasteiger partial charge in [0.2, 0.25) is 0 Å². The SMILES string of the molecule is C=CCn1c(SCc2ccccn2)nc2ccccc2c1=O. The number of hydrogen-bond acceptors (Lipinski definition) is 4. The van der Waals surface area contributed by atoms with Crippen LogP contribution in [0.15, 0.2) is 71.3 Å². The number of thioether (sulfide) groups is 1. The highest BCUT2D eigenvalue weighted by Gasteiger charge is 2.10. The van der Waals surface area contributed by atoms with Crippen molar-refractivity contribution in [1.82, 2.24) is 14.5 Å². The number of fused-ring (bicyclic) bond motifs is 1. The fourth-order valence-electron chi connectivity index (χ4n) is 2.17. The van der Waals surface area contributed by atoms with Crippen LogP contribution in [0, 0.1) is 0 Å². The van der Waals surface area contributed by atoms with E-state index in [0.29, 0.717) is 22.8 Å². The van der Waals surface area contributed by atoms with E-state index in [0.717, 1.165) is 11.2 Å². The molecular formula is C17H15N3OS. The minimum absolute atomic E-state index is 0.0333. The summed E-state index contributed by atoms with van der Waals surface area (Å²) in [4.78, 5) is 21.5. The van der Waals surface area contributed by atoms with Crippen LogP contribution in [0.25, 0.3) is 10.9 Å². The van der Waals surface area contributed by atoms with Crippen molar-refractivity contribution in [3.63, 3.8) is 0 Å². The van der Waals surface area contributed by atoms with Crippen molar-refractivity contribution < 1.29 is 0 Å². The highest BCUT2D eigenvalue weighted by molar-refractivity contribution is 7.98. The first-order valence-corrected chi connectivity index (χ1v) is 7.91. The minimum Gasteiger partial charge on any atom is -0.283 e. The zero-order valence-electron chi connectivity index (χ0n) is 12.0. The summed E-state index contributed by atoms with van der Waals surface area (Å²) in [6.07, 6.45) is 3.48. The second kappa shape index (κ2) is 6.58. The summed E-state index contributed by atoms with van der Waals surface area (Å²) >= 11 is 1.51. The van der Waals surface area contributed by atoms with Crippen LogP contribution in [-0.4, -0.2) is 14.5 Å². The lowest BCUT2D eigenvalue weighted by Crippen LogP contribution is -2.22. The van der Waals surface area contributed by atoms with E-state index in [2.05, 4.69) is 16.5 Å². The first-order chi connectivity index (χ1) is 10.8. The normalized spacial score (nSPS) is 10.7. The van der Waals surface area contributed by atoms with Crippen LogP contribution in [0.5, 0.6) is 0 Å². The molecule has 0 saturated carbocycles. The summed E-state index contributed by atoms with van der Waals surface area (Å²) in [5.41, 5.74) is 1.64. The van der Waals surface area contributed by atoms with E-state index in [1.54, 1.807) is 22.9 Å². The molecular weight excluding hydrogens is 294 g/mol. The lowest BCUT2D eigenvalue weighted by Gasteiger charge is -2.11. The Labute approximate surface area is 132 Å². The molecule has 0 spiro atoms. The molecule has 3 aromatic rings. The molecule has 2 aromatic heterocycles. The average molecular weight is 309 g/mol. The Morgan fingerprint density at radius 2 is 2.00 bits per heavy atom. The lowest BCUT2D eigenvalue weighted by atomic mass is 10.2. The topological polar surface area (TPSA) is 47.8 Å². The van der Waals surface area contributed by atoms with E-state index >= 15 is 0 Å². The predicted molar refractivity (Wildman–Crippen MR) is 90.0 cm³/mol. The molecule has 110 valence electrons. The monoisotopic (exact) mass is 309 g/mol. The fourth-order valence-corrected chi connectivity index (χ4v) is 3.09. The first kappa shape index (κ1) is 14.5. The third-order valence-corrected chi connectivity index (χ3v) is 4.22. The number of aromatic nitrogens is 3. The van der Waals surface area contributed by atoms with E-state index in [-0.39, 0.29) is 5.56 Å². The Morgan fingerprint density at radius 3 is 2.77 bits per heavy atom. The lowest BCUT2D eigenvalue weighted by molar-refractivity contribution is 0.671. The van der Waals surface area contributed by atoms with Crippen molar-refractivity contribution in [3.05, 3.63) is 77.4 Å². The first-order valence-electron chi connectivity index (χ1n) is 6.93. The van der Waals surface area contributed by atoms with Crippen molar-refractivity contribution >= 4 is 22.7 Å². The van der Waals surface area contributed by atoms with Gasteiger partial charge in [0, 0.05) is 18.5 Å². The summed E-state index contributed by atoms with van der Waals surface area (Å²) in [6, 6.07) is 13.2. The summed E-state index contributed by atoms with van der Waals surface area (Å²) in [6.45, 7) is 4.17. The average Bonchev–Trinajstić information content (AvgIpc) is 2.57. The zero-order chi connectivity index (χ0) is 15.4. The molecule has 0 bridgehead atoms. The van der Waals surface area contributed by atoms with Gasteiger partial charge in [0.15, 0.2) is 5.16 Å². The molecule has 0 aliphatic rings. The van der Waals surface area contributed by atoms with Crippen LogP contribution in [-0.2, 0) is 12.3 Å². The van der Waals surface area contributed by atoms with Crippen LogP contribution in [0.3, 0.4) is 0 Å². The maximum Gasteiger partial charge on any atom is 0.262 e. The predicted octanol–water partition coefficient (Wildman–Crippen LogP) is 3.27. The van der Waals surface area contributed by atoms with Crippen LogP contribution in [0.4, 0.5) is 0 Å². The van der Waals surface area contributed by atoms with Gasteiger partial charge in [-0.3, -0.25) is 14.3 Å². The smallest absolute Gasteiger partial charge is 0.262 e. The van der Waals surface area contributed by atoms with Crippen molar-refractivity contribution in [3.8, 4) is 0 Å². The minimum atomic E-state index is -0.0333. The Hall–Kier alpha value is -2.40. The molecule has 0 N–H and O–H groups in total. The Morgan fingerprint density at radius 1 is 1.18 bits per heavy atom. The molecule has 5 heteroatoms. The zero-order valence-corrected chi connectivity index (χ0v) is 12.8. The highest BCUT2D eigenvalue weighted by atomic mass is 32.2. The van der Waals surface area contributed by atoms with Crippen molar-refractivity contribution in [2.24, 2.45) is 0 Å². The molecule has 3 rings (SSSR count). The largest absolute Gasteiger partial charge is 0.283 e. The standard InChI is InChI=1S/C17H15N3OS/c1-2-11-20-16(21)14-8-3-4-9-15(14)19-17(20)22-12-13-7-5-6-10-18-13/h2-10H,1,11-12H2. The summed E-state index contributed by atoms with van der Waals surface area (Å²) in [5, 5.41) is 1.32. The number of pyridine rings is 1. The third kappa shape index (κ3) is 2.94. The molecule has 22 heavy (non-hydrogen) atoms. The van der Waals surface area contributed by atoms with Gasteiger partial charge in [-0.2, -0.15) is 0 Å². The Kier molecular flexibility index (Phi) is 4.34. The Balaban J connectivity index is 2.01. The number of rotatable bonds is 5. The molecule has 0 radical (unpaired) electrons. The van der Waals surface area contributed by atoms with Gasteiger partial charge in [-0.25, -0.2) is 4.98 Å². The number of allylic oxidation sites excluding steroid dienone is 1. The van der Waals surface area contributed by atoms with Crippen LogP contribution >= 0.6 is 11.8 Å². The molecule has 0 unspecified atom stereocenters. The van der Waals surface area contributed by atoms with Crippen molar-refractivity contribution in [1.29, 1.82) is 0 Å². The van der Waals surface area contributed by atoms with Crippen LogP contribution < -0.4 is 5.56 Å². The summed E-state index contributed by atoms with van der Waals surface area (Å²) in [7, 11) is 0. The molecule has 0 aliphatic heterocycles. The molecule has 1 aromatic carbocycles. The quantitative estimate of drug-likeness (QED) is 0.412. The summed E-state index contributed by atoms with van der Waals surface area (Å²) < 4.78 is 1.66. The van der Waals surface area contributed by atoms with Gasteiger partial charge < -0.3 is 0 Å². The van der Waals surface area contributed by atoms with Crippen molar-refractivity contribution in [2.75, 3.05) is 0 Å². The van der Waals surface area contributed by atoms with Crippen LogP contribution in [0.2, 0.25) is 0 Å². The molecule has 2 heterocycles. The molecule has 0 aliphatic carbocycles. The number of nitrogens with zero attached hydrogens (tertiary/aromatic N) is 3. The molecule has 0 fully saturated rings. The number of benzene rings is 1. The van der Waals surface area contributed by atoms with E-state index in [9.17, 15) is 4.79 Å². The van der Waals surface area contributed by atoms with Gasteiger partial charge in [-0.1, -0.05) is 36.0 Å². The van der Waals surface area contributed by atoms with Gasteiger partial charge >= 0.3 is 0 Å². The summed E-state index contributed by atoms with van der Waals surface area (Å²) in [5.74, 6) is 0.669. The molecule has 0 saturated heterocycles. The Bertz CT molecular complexity index is 859. The molecule has 4 nitrogen and oxygen atoms in total. The molecule has 0 amide bonds. The van der Waals surface area contributed by atoms with E-state index in [4.69, 9.17) is 0 Å². The van der Waals surface area contributed by atoms with Gasteiger partial charge in [0.05, 0.1) is 16.6 Å². The maximum absolute atomic E-state index is 12.6. The fraction of sp³-hybridized carbons (Fsp3) is 0.118. The maximum atomic E-state index is 12.6. The van der Waals surface area contributed by atoms with Crippen LogP contribution in [0.1, 0.15) is 5.69 Å². The third-order valence-electron chi connectivity index (χ3n) is 3.21. The molecule has 0 atom stereocenters. The van der Waals surface area contributed by atoms with E-state index < -0.39 is 0 Å². The number of para-hydroxylation sites is 1. The van der Waals surface area contributed by atoms with E-state index in [1.165, 1.54) is 11.8 Å². The highest BCUT2D eigenvalue weighted by Crippen LogP contribution is 2.21. The second-order valence-electron chi connectivity index (χ2n) is 4.73. The van der Waals surface area contributed by atoms with Gasteiger partial charge in [-0.05, 0) is 24.3 Å². The second-order valence-corrected chi connectivity index (χ2v) is 5.67. The van der Waals surface area contributed by atoms with E-state index in [1.807, 2.05) is 36.4 Å².